The molecule has 1 spiro atoms. The molecule has 0 saturated carbocycles. The van der Waals surface area contributed by atoms with Crippen LogP contribution in [0, 0.1) is 5.92 Å². The number of fused-ring (bicyclic) bond motifs is 1. The zero-order chi connectivity index (χ0) is 8.02. The summed E-state index contributed by atoms with van der Waals surface area (Å²) >= 11 is 0. The molecule has 3 aliphatic heterocycles. The van der Waals surface area contributed by atoms with Crippen LogP contribution in [-0.4, -0.2) is 31.6 Å². The SMILES string of the molecule is C1=C[C@@H]2CNC1C1(C2)OCCO1. The molecule has 2 fully saturated rings. The Morgan fingerprint density at radius 1 is 1.25 bits per heavy atom. The van der Waals surface area contributed by atoms with Crippen molar-refractivity contribution in [2.75, 3.05) is 19.8 Å². The van der Waals surface area contributed by atoms with Crippen LogP contribution in [0.2, 0.25) is 0 Å². The molecule has 2 bridgehead atoms. The highest BCUT2D eigenvalue weighted by molar-refractivity contribution is 5.15. The molecule has 1 unspecified atom stereocenters. The van der Waals surface area contributed by atoms with Crippen molar-refractivity contribution in [2.24, 2.45) is 5.92 Å². The first-order valence-corrected chi connectivity index (χ1v) is 4.59. The maximum absolute atomic E-state index is 5.68. The summed E-state index contributed by atoms with van der Waals surface area (Å²) in [5, 5.41) is 3.41. The van der Waals surface area contributed by atoms with E-state index in [4.69, 9.17) is 9.47 Å². The van der Waals surface area contributed by atoms with Crippen molar-refractivity contribution in [1.29, 1.82) is 0 Å². The first-order valence-electron chi connectivity index (χ1n) is 4.59. The molecule has 0 amide bonds. The molecular weight excluding hydrogens is 154 g/mol. The predicted molar refractivity (Wildman–Crippen MR) is 43.7 cm³/mol. The lowest BCUT2D eigenvalue weighted by Gasteiger charge is -2.44. The van der Waals surface area contributed by atoms with Crippen molar-refractivity contribution >= 4 is 0 Å². The summed E-state index contributed by atoms with van der Waals surface area (Å²) in [5.41, 5.74) is 0. The lowest BCUT2D eigenvalue weighted by molar-refractivity contribution is -0.194. The van der Waals surface area contributed by atoms with Gasteiger partial charge in [-0.15, -0.1) is 0 Å². The monoisotopic (exact) mass is 167 g/mol. The van der Waals surface area contributed by atoms with Gasteiger partial charge in [0.2, 0.25) is 0 Å². The molecule has 1 aliphatic carbocycles. The molecule has 3 heteroatoms. The van der Waals surface area contributed by atoms with Gasteiger partial charge in [-0.3, -0.25) is 0 Å². The normalized spacial score (nSPS) is 42.7. The molecule has 4 rings (SSSR count). The third-order valence-electron chi connectivity index (χ3n) is 2.97. The Bertz CT molecular complexity index is 221. The van der Waals surface area contributed by atoms with Crippen LogP contribution in [0.1, 0.15) is 6.42 Å². The van der Waals surface area contributed by atoms with Crippen molar-refractivity contribution < 1.29 is 9.47 Å². The van der Waals surface area contributed by atoms with Gasteiger partial charge in [0.05, 0.1) is 19.3 Å². The summed E-state index contributed by atoms with van der Waals surface area (Å²) < 4.78 is 11.4. The van der Waals surface area contributed by atoms with Crippen LogP contribution >= 0.6 is 0 Å². The summed E-state index contributed by atoms with van der Waals surface area (Å²) in [5.74, 6) is 0.297. The van der Waals surface area contributed by atoms with E-state index in [1.807, 2.05) is 0 Å². The molecule has 2 atom stereocenters. The van der Waals surface area contributed by atoms with Crippen LogP contribution in [0.5, 0.6) is 0 Å². The Kier molecular flexibility index (Phi) is 1.36. The second-order valence-electron chi connectivity index (χ2n) is 3.74. The molecule has 3 heterocycles. The summed E-state index contributed by atoms with van der Waals surface area (Å²) in [6.07, 6.45) is 5.49. The Morgan fingerprint density at radius 3 is 2.58 bits per heavy atom. The number of hydrogen-bond acceptors (Lipinski definition) is 3. The standard InChI is InChI=1S/C9H13NO2/c1-2-8-9(11-3-4-12-9)5-7(1)6-10-8/h1-2,7-8,10H,3-6H2/t7-,8?/m0/s1. The van der Waals surface area contributed by atoms with Crippen molar-refractivity contribution in [2.45, 2.75) is 18.2 Å². The molecule has 0 radical (unpaired) electrons. The molecule has 2 saturated heterocycles. The van der Waals surface area contributed by atoms with Crippen molar-refractivity contribution in [3.63, 3.8) is 0 Å². The minimum absolute atomic E-state index is 0.282. The van der Waals surface area contributed by atoms with Crippen molar-refractivity contribution in [1.82, 2.24) is 5.32 Å². The topological polar surface area (TPSA) is 30.5 Å². The van der Waals surface area contributed by atoms with Crippen LogP contribution in [-0.2, 0) is 9.47 Å². The smallest absolute Gasteiger partial charge is 0.188 e. The molecular formula is C9H13NO2. The fourth-order valence-electron chi connectivity index (χ4n) is 2.39. The second-order valence-corrected chi connectivity index (χ2v) is 3.74. The van der Waals surface area contributed by atoms with Gasteiger partial charge in [-0.2, -0.15) is 0 Å². The molecule has 3 nitrogen and oxygen atoms in total. The van der Waals surface area contributed by atoms with Gasteiger partial charge in [0.25, 0.3) is 0 Å². The minimum atomic E-state index is -0.308. The fourth-order valence-corrected chi connectivity index (χ4v) is 2.39. The van der Waals surface area contributed by atoms with E-state index in [0.29, 0.717) is 5.92 Å². The fraction of sp³-hybridized carbons (Fsp3) is 0.778. The van der Waals surface area contributed by atoms with Crippen LogP contribution in [0.3, 0.4) is 0 Å². The molecule has 1 N–H and O–H groups in total. The number of nitrogens with one attached hydrogen (secondary N) is 1. The number of ether oxygens (including phenoxy) is 2. The van der Waals surface area contributed by atoms with Gasteiger partial charge in [0.1, 0.15) is 0 Å². The lowest BCUT2D eigenvalue weighted by atomic mass is 9.83. The molecule has 0 aromatic heterocycles. The van der Waals surface area contributed by atoms with Gasteiger partial charge in [-0.25, -0.2) is 0 Å². The maximum atomic E-state index is 5.68. The largest absolute Gasteiger partial charge is 0.346 e. The Morgan fingerprint density at radius 2 is 2.08 bits per heavy atom. The van der Waals surface area contributed by atoms with E-state index < -0.39 is 0 Å². The number of rotatable bonds is 0. The highest BCUT2D eigenvalue weighted by atomic mass is 16.7. The summed E-state index contributed by atoms with van der Waals surface area (Å²) in [6.45, 7) is 2.58. The highest BCUT2D eigenvalue weighted by Crippen LogP contribution is 2.38. The lowest BCUT2D eigenvalue weighted by Crippen LogP contribution is -2.59. The van der Waals surface area contributed by atoms with E-state index in [1.165, 1.54) is 0 Å². The average molecular weight is 167 g/mol. The molecule has 66 valence electrons. The maximum Gasteiger partial charge on any atom is 0.188 e. The molecule has 0 aromatic rings. The Labute approximate surface area is 71.7 Å². The summed E-state index contributed by atoms with van der Waals surface area (Å²) in [6, 6.07) is 0.282. The Balaban J connectivity index is 1.93. The predicted octanol–water partition coefficient (Wildman–Crippen LogP) is 0.277. The van der Waals surface area contributed by atoms with Gasteiger partial charge >= 0.3 is 0 Å². The van der Waals surface area contributed by atoms with E-state index in [9.17, 15) is 0 Å². The third-order valence-corrected chi connectivity index (χ3v) is 2.97. The van der Waals surface area contributed by atoms with Gasteiger partial charge in [-0.05, 0) is 5.92 Å². The van der Waals surface area contributed by atoms with E-state index in [2.05, 4.69) is 17.5 Å². The summed E-state index contributed by atoms with van der Waals surface area (Å²) in [7, 11) is 0. The zero-order valence-electron chi connectivity index (χ0n) is 6.95. The average Bonchev–Trinajstić information content (AvgIpc) is 2.55. The van der Waals surface area contributed by atoms with Crippen molar-refractivity contribution in [3.05, 3.63) is 12.2 Å². The Hall–Kier alpha value is -0.380. The number of hydrogen-bond donors (Lipinski definition) is 1. The zero-order valence-corrected chi connectivity index (χ0v) is 6.95. The highest BCUT2D eigenvalue weighted by Gasteiger charge is 2.49. The van der Waals surface area contributed by atoms with Gasteiger partial charge in [0.15, 0.2) is 5.79 Å². The van der Waals surface area contributed by atoms with Crippen LogP contribution in [0.4, 0.5) is 0 Å². The molecule has 12 heavy (non-hydrogen) atoms. The quantitative estimate of drug-likeness (QED) is 0.525. The van der Waals surface area contributed by atoms with E-state index >= 15 is 0 Å². The molecule has 0 aromatic carbocycles. The van der Waals surface area contributed by atoms with Crippen LogP contribution in [0.25, 0.3) is 0 Å². The minimum Gasteiger partial charge on any atom is -0.346 e. The third kappa shape index (κ3) is 0.815. The van der Waals surface area contributed by atoms with Gasteiger partial charge in [-0.1, -0.05) is 12.2 Å². The van der Waals surface area contributed by atoms with E-state index in [0.717, 1.165) is 26.2 Å². The second kappa shape index (κ2) is 2.31. The number of piperidine rings is 1. The van der Waals surface area contributed by atoms with Crippen LogP contribution < -0.4 is 5.32 Å². The van der Waals surface area contributed by atoms with E-state index in [1.54, 1.807) is 0 Å². The first kappa shape index (κ1) is 7.06. The first-order chi connectivity index (χ1) is 5.89. The molecule has 4 aliphatic rings. The van der Waals surface area contributed by atoms with Crippen molar-refractivity contribution in [3.8, 4) is 0 Å². The summed E-state index contributed by atoms with van der Waals surface area (Å²) in [4.78, 5) is 0. The van der Waals surface area contributed by atoms with Gasteiger partial charge < -0.3 is 14.8 Å². The van der Waals surface area contributed by atoms with Gasteiger partial charge in [0, 0.05) is 13.0 Å². The van der Waals surface area contributed by atoms with Crippen LogP contribution in [0.15, 0.2) is 12.2 Å². The van der Waals surface area contributed by atoms with E-state index in [-0.39, 0.29) is 11.8 Å².